The van der Waals surface area contributed by atoms with Crippen LogP contribution >= 0.6 is 11.8 Å². The topological polar surface area (TPSA) is 21.3 Å². The van der Waals surface area contributed by atoms with Crippen LogP contribution in [0.5, 0.6) is 0 Å². The number of thioether (sulfide) groups is 1. The number of nitrogens with one attached hydrogen (secondary N) is 1. The molecule has 2 nitrogen and oxygen atoms in total. The van der Waals surface area contributed by atoms with Gasteiger partial charge in [0.2, 0.25) is 0 Å². The minimum Gasteiger partial charge on any atom is -0.380 e. The van der Waals surface area contributed by atoms with E-state index in [1.54, 1.807) is 0 Å². The van der Waals surface area contributed by atoms with Gasteiger partial charge in [-0.15, -0.1) is 0 Å². The Morgan fingerprint density at radius 3 is 2.44 bits per heavy atom. The molecular formula is C10H20F3NOS. The average molecular weight is 259 g/mol. The van der Waals surface area contributed by atoms with E-state index in [4.69, 9.17) is 4.74 Å². The van der Waals surface area contributed by atoms with Crippen molar-refractivity contribution in [2.24, 2.45) is 5.92 Å². The average Bonchev–Trinajstić information content (AvgIpc) is 2.13. The van der Waals surface area contributed by atoms with Crippen molar-refractivity contribution in [3.8, 4) is 0 Å². The number of halogens is 3. The van der Waals surface area contributed by atoms with Gasteiger partial charge in [0.25, 0.3) is 0 Å². The fraction of sp³-hybridized carbons (Fsp3) is 1.00. The van der Waals surface area contributed by atoms with Crippen LogP contribution in [0.3, 0.4) is 0 Å². The smallest absolute Gasteiger partial charge is 0.380 e. The van der Waals surface area contributed by atoms with E-state index in [1.165, 1.54) is 0 Å². The summed E-state index contributed by atoms with van der Waals surface area (Å²) in [5.41, 5.74) is -4.12. The number of ether oxygens (including phenoxy) is 1. The van der Waals surface area contributed by atoms with Crippen molar-refractivity contribution in [3.05, 3.63) is 0 Å². The minimum absolute atomic E-state index is 0.00246. The zero-order chi connectivity index (χ0) is 12.4. The molecule has 0 atom stereocenters. The van der Waals surface area contributed by atoms with Crippen molar-refractivity contribution in [1.29, 1.82) is 0 Å². The fourth-order valence-electron chi connectivity index (χ4n) is 0.929. The van der Waals surface area contributed by atoms with Gasteiger partial charge in [-0.1, -0.05) is 13.8 Å². The Morgan fingerprint density at radius 2 is 1.88 bits per heavy atom. The van der Waals surface area contributed by atoms with Crippen LogP contribution in [0.15, 0.2) is 0 Å². The molecule has 0 aliphatic rings. The first-order chi connectivity index (χ1) is 7.42. The summed E-state index contributed by atoms with van der Waals surface area (Å²) in [5, 5.41) is 2.90. The van der Waals surface area contributed by atoms with Crippen molar-refractivity contribution < 1.29 is 17.9 Å². The van der Waals surface area contributed by atoms with E-state index in [0.717, 1.165) is 13.0 Å². The summed E-state index contributed by atoms with van der Waals surface area (Å²) >= 11 is 0.00246. The third kappa shape index (κ3) is 14.1. The van der Waals surface area contributed by atoms with Crippen LogP contribution in [0.25, 0.3) is 0 Å². The number of hydrogen-bond acceptors (Lipinski definition) is 3. The molecule has 0 amide bonds. The molecule has 0 bridgehead atoms. The van der Waals surface area contributed by atoms with E-state index in [2.05, 4.69) is 19.2 Å². The van der Waals surface area contributed by atoms with Crippen LogP contribution in [0.1, 0.15) is 20.3 Å². The predicted molar refractivity (Wildman–Crippen MR) is 61.7 cm³/mol. The van der Waals surface area contributed by atoms with Crippen molar-refractivity contribution in [1.82, 2.24) is 5.32 Å². The van der Waals surface area contributed by atoms with Crippen LogP contribution in [0.4, 0.5) is 13.2 Å². The first-order valence-corrected chi connectivity index (χ1v) is 6.39. The number of hydrogen-bond donors (Lipinski definition) is 1. The summed E-state index contributed by atoms with van der Waals surface area (Å²) in [6.45, 7) is 6.49. The van der Waals surface area contributed by atoms with E-state index in [9.17, 15) is 13.2 Å². The van der Waals surface area contributed by atoms with Crippen LogP contribution in [-0.4, -0.2) is 37.6 Å². The molecule has 98 valence electrons. The molecule has 0 fully saturated rings. The molecule has 0 aromatic carbocycles. The summed E-state index contributed by atoms with van der Waals surface area (Å²) in [5.74, 6) is 0.673. The third-order valence-corrected chi connectivity index (χ3v) is 2.54. The molecule has 0 saturated carbocycles. The third-order valence-electron chi connectivity index (χ3n) is 1.81. The zero-order valence-corrected chi connectivity index (χ0v) is 10.6. The van der Waals surface area contributed by atoms with Crippen LogP contribution in [0.2, 0.25) is 0 Å². The van der Waals surface area contributed by atoms with Gasteiger partial charge in [0.05, 0.1) is 6.61 Å². The molecule has 0 aliphatic heterocycles. The maximum absolute atomic E-state index is 11.7. The highest BCUT2D eigenvalue weighted by Crippen LogP contribution is 2.29. The number of rotatable bonds is 9. The maximum Gasteiger partial charge on any atom is 0.441 e. The van der Waals surface area contributed by atoms with Gasteiger partial charge >= 0.3 is 5.51 Å². The highest BCUT2D eigenvalue weighted by molar-refractivity contribution is 8.00. The molecule has 0 aromatic rings. The lowest BCUT2D eigenvalue weighted by atomic mass is 10.1. The Hall–Kier alpha value is 0.0600. The van der Waals surface area contributed by atoms with Gasteiger partial charge in [-0.05, 0) is 24.1 Å². The Bertz CT molecular complexity index is 165. The molecule has 0 rings (SSSR count). The highest BCUT2D eigenvalue weighted by Gasteiger charge is 2.27. The van der Waals surface area contributed by atoms with Crippen molar-refractivity contribution in [2.75, 3.05) is 32.1 Å². The second-order valence-corrected chi connectivity index (χ2v) is 5.00. The molecule has 0 heterocycles. The second-order valence-electron chi connectivity index (χ2n) is 3.84. The quantitative estimate of drug-likeness (QED) is 0.643. The molecule has 16 heavy (non-hydrogen) atoms. The van der Waals surface area contributed by atoms with Gasteiger partial charge in [-0.3, -0.25) is 0 Å². The molecule has 0 radical (unpaired) electrons. The lowest BCUT2D eigenvalue weighted by Gasteiger charge is -2.08. The van der Waals surface area contributed by atoms with Gasteiger partial charge in [0.1, 0.15) is 0 Å². The maximum atomic E-state index is 11.7. The summed E-state index contributed by atoms with van der Waals surface area (Å²) in [6.07, 6.45) is 1.02. The standard InChI is InChI=1S/C10H20F3NOS/c1-9(2)3-6-15-7-4-14-5-8-16-10(11,12)13/h9,14H,3-8H2,1-2H3. The van der Waals surface area contributed by atoms with Crippen molar-refractivity contribution >= 4 is 11.8 Å². The van der Waals surface area contributed by atoms with E-state index < -0.39 is 5.51 Å². The molecule has 0 aromatic heterocycles. The molecular weight excluding hydrogens is 239 g/mol. The molecule has 1 N–H and O–H groups in total. The van der Waals surface area contributed by atoms with Gasteiger partial charge in [0.15, 0.2) is 0 Å². The molecule has 0 unspecified atom stereocenters. The first-order valence-electron chi connectivity index (χ1n) is 5.41. The molecule has 0 saturated heterocycles. The van der Waals surface area contributed by atoms with E-state index in [1.807, 2.05) is 0 Å². The van der Waals surface area contributed by atoms with Gasteiger partial charge in [0, 0.05) is 25.4 Å². The largest absolute Gasteiger partial charge is 0.441 e. The zero-order valence-electron chi connectivity index (χ0n) is 9.77. The van der Waals surface area contributed by atoms with Gasteiger partial charge in [-0.2, -0.15) is 13.2 Å². The Morgan fingerprint density at radius 1 is 1.19 bits per heavy atom. The minimum atomic E-state index is -4.12. The van der Waals surface area contributed by atoms with Crippen molar-refractivity contribution in [2.45, 2.75) is 25.8 Å². The van der Waals surface area contributed by atoms with Crippen LogP contribution < -0.4 is 5.32 Å². The summed E-state index contributed by atoms with van der Waals surface area (Å²) in [4.78, 5) is 0. The Labute approximate surface area is 99.3 Å². The van der Waals surface area contributed by atoms with Crippen LogP contribution in [0, 0.1) is 5.92 Å². The summed E-state index contributed by atoms with van der Waals surface area (Å²) < 4.78 is 40.5. The van der Waals surface area contributed by atoms with Gasteiger partial charge < -0.3 is 10.1 Å². The SMILES string of the molecule is CC(C)CCOCCNCCSC(F)(F)F. The normalized spacial score (nSPS) is 12.4. The first kappa shape index (κ1) is 16.1. The number of alkyl halides is 3. The second kappa shape index (κ2) is 9.13. The van der Waals surface area contributed by atoms with E-state index in [0.29, 0.717) is 25.6 Å². The molecule has 0 spiro atoms. The molecule has 6 heteroatoms. The lowest BCUT2D eigenvalue weighted by molar-refractivity contribution is -0.0327. The lowest BCUT2D eigenvalue weighted by Crippen LogP contribution is -2.23. The Kier molecular flexibility index (Phi) is 9.16. The summed E-state index contributed by atoms with van der Waals surface area (Å²) in [7, 11) is 0. The predicted octanol–water partition coefficient (Wildman–Crippen LogP) is 2.89. The van der Waals surface area contributed by atoms with Gasteiger partial charge in [-0.25, -0.2) is 0 Å². The highest BCUT2D eigenvalue weighted by atomic mass is 32.2. The van der Waals surface area contributed by atoms with E-state index in [-0.39, 0.29) is 17.5 Å². The van der Waals surface area contributed by atoms with E-state index >= 15 is 0 Å². The Balaban J connectivity index is 3.05. The van der Waals surface area contributed by atoms with Crippen molar-refractivity contribution in [3.63, 3.8) is 0 Å². The monoisotopic (exact) mass is 259 g/mol. The molecule has 0 aliphatic carbocycles. The van der Waals surface area contributed by atoms with Crippen LogP contribution in [-0.2, 0) is 4.74 Å². The fourth-order valence-corrected chi connectivity index (χ4v) is 1.41. The summed E-state index contributed by atoms with van der Waals surface area (Å²) in [6, 6.07) is 0.